The second-order valence-corrected chi connectivity index (χ2v) is 5.27. The predicted molar refractivity (Wildman–Crippen MR) is 69.5 cm³/mol. The Hall–Kier alpha value is -1.27. The van der Waals surface area contributed by atoms with Gasteiger partial charge in [0.25, 0.3) is 0 Å². The van der Waals surface area contributed by atoms with Gasteiger partial charge in [-0.15, -0.1) is 0 Å². The van der Waals surface area contributed by atoms with Gasteiger partial charge in [-0.1, -0.05) is 18.7 Å². The van der Waals surface area contributed by atoms with Crippen molar-refractivity contribution in [3.63, 3.8) is 0 Å². The van der Waals surface area contributed by atoms with Gasteiger partial charge >= 0.3 is 0 Å². The van der Waals surface area contributed by atoms with Crippen LogP contribution in [-0.2, 0) is 0 Å². The molecular weight excluding hydrogens is 236 g/mol. The minimum absolute atomic E-state index is 0.0788. The summed E-state index contributed by atoms with van der Waals surface area (Å²) in [4.78, 5) is 8.75. The van der Waals surface area contributed by atoms with E-state index >= 15 is 0 Å². The number of hydrogen-bond donors (Lipinski definition) is 2. The summed E-state index contributed by atoms with van der Waals surface area (Å²) in [5.74, 6) is 0.788. The van der Waals surface area contributed by atoms with E-state index in [-0.39, 0.29) is 11.4 Å². The molecule has 0 aromatic carbocycles. The number of aliphatic hydroxyl groups is 1. The third kappa shape index (κ3) is 2.53. The van der Waals surface area contributed by atoms with Crippen LogP contribution in [0, 0.1) is 0 Å². The van der Waals surface area contributed by atoms with Gasteiger partial charge < -0.3 is 14.8 Å². The lowest BCUT2D eigenvalue weighted by molar-refractivity contribution is 0.196. The molecule has 0 amide bonds. The highest BCUT2D eigenvalue weighted by molar-refractivity contribution is 8.00. The summed E-state index contributed by atoms with van der Waals surface area (Å²) in [5.41, 5.74) is 0.821. The van der Waals surface area contributed by atoms with Crippen LogP contribution < -0.4 is 5.32 Å². The summed E-state index contributed by atoms with van der Waals surface area (Å²) in [6.07, 6.45) is 5.14. The Kier molecular flexibility index (Phi) is 3.54. The van der Waals surface area contributed by atoms with Crippen molar-refractivity contribution < 1.29 is 5.11 Å². The van der Waals surface area contributed by atoms with Gasteiger partial charge in [-0.2, -0.15) is 0 Å². The first-order valence-electron chi connectivity index (χ1n) is 5.48. The molecular formula is C11H16N4OS. The molecule has 2 unspecified atom stereocenters. The first-order chi connectivity index (χ1) is 8.11. The van der Waals surface area contributed by atoms with Gasteiger partial charge in [0.2, 0.25) is 0 Å². The van der Waals surface area contributed by atoms with Crippen LogP contribution in [0.1, 0.15) is 13.8 Å². The molecule has 2 rings (SSSR count). The van der Waals surface area contributed by atoms with E-state index in [0.717, 1.165) is 16.5 Å². The Labute approximate surface area is 104 Å². The van der Waals surface area contributed by atoms with E-state index in [1.807, 2.05) is 30.8 Å². The van der Waals surface area contributed by atoms with E-state index in [1.165, 1.54) is 11.8 Å². The molecule has 0 bridgehead atoms. The number of nitrogens with zero attached hydrogens (tertiary/aromatic N) is 3. The molecule has 2 heterocycles. The zero-order chi connectivity index (χ0) is 12.4. The number of thioether (sulfide) groups is 1. The van der Waals surface area contributed by atoms with Crippen molar-refractivity contribution in [2.45, 2.75) is 30.2 Å². The van der Waals surface area contributed by atoms with Gasteiger partial charge in [-0.3, -0.25) is 0 Å². The molecule has 0 radical (unpaired) electrons. The Morgan fingerprint density at radius 3 is 2.88 bits per heavy atom. The average molecular weight is 252 g/mol. The highest BCUT2D eigenvalue weighted by atomic mass is 32.2. The second kappa shape index (κ2) is 4.93. The fourth-order valence-electron chi connectivity index (χ4n) is 1.38. The molecule has 2 aromatic heterocycles. The van der Waals surface area contributed by atoms with Crippen LogP contribution in [0.3, 0.4) is 0 Å². The van der Waals surface area contributed by atoms with Crippen LogP contribution in [0.4, 0.5) is 5.82 Å². The smallest absolute Gasteiger partial charge is 0.169 e. The van der Waals surface area contributed by atoms with Crippen LogP contribution in [0.15, 0.2) is 23.6 Å². The average Bonchev–Trinajstić information content (AvgIpc) is 2.76. The van der Waals surface area contributed by atoms with E-state index in [9.17, 15) is 5.11 Å². The summed E-state index contributed by atoms with van der Waals surface area (Å²) in [5, 5.41) is 13.5. The summed E-state index contributed by atoms with van der Waals surface area (Å²) >= 11 is 1.53. The van der Waals surface area contributed by atoms with Crippen LogP contribution in [-0.4, -0.2) is 37.9 Å². The van der Waals surface area contributed by atoms with Gasteiger partial charge in [-0.05, 0) is 6.92 Å². The van der Waals surface area contributed by atoms with Crippen molar-refractivity contribution in [1.29, 1.82) is 0 Å². The number of fused-ring (bicyclic) bond motifs is 1. The standard InChI is InChI=1S/C11H16N4OS/c1-7(16)8(2)17-11-10-13-4-5-15(10)6-9(12-3)14-11/h4-8,12,16H,1-3H3. The molecule has 92 valence electrons. The Balaban J connectivity index is 2.40. The van der Waals surface area contributed by atoms with Gasteiger partial charge in [0.15, 0.2) is 5.65 Å². The maximum atomic E-state index is 9.54. The quantitative estimate of drug-likeness (QED) is 0.810. The number of rotatable bonds is 4. The van der Waals surface area contributed by atoms with Crippen LogP contribution in [0.2, 0.25) is 0 Å². The molecule has 2 aromatic rings. The SMILES string of the molecule is CNc1cn2ccnc2c(SC(C)C(C)O)n1. The molecule has 0 saturated carbocycles. The number of hydrogen-bond acceptors (Lipinski definition) is 5. The molecule has 0 aliphatic heterocycles. The predicted octanol–water partition coefficient (Wildman–Crippen LogP) is 1.63. The van der Waals surface area contributed by atoms with Crippen molar-refractivity contribution in [2.75, 3.05) is 12.4 Å². The molecule has 0 aliphatic carbocycles. The maximum Gasteiger partial charge on any atom is 0.169 e. The summed E-state index contributed by atoms with van der Waals surface area (Å²) in [7, 11) is 1.83. The van der Waals surface area contributed by atoms with Crippen LogP contribution in [0.25, 0.3) is 5.65 Å². The molecule has 0 aliphatic rings. The Bertz CT molecular complexity index is 511. The van der Waals surface area contributed by atoms with E-state index in [1.54, 1.807) is 13.1 Å². The lowest BCUT2D eigenvalue weighted by atomic mass is 10.3. The lowest BCUT2D eigenvalue weighted by Crippen LogP contribution is -2.15. The zero-order valence-corrected chi connectivity index (χ0v) is 10.9. The monoisotopic (exact) mass is 252 g/mol. The third-order valence-electron chi connectivity index (χ3n) is 2.58. The summed E-state index contributed by atoms with van der Waals surface area (Å²) in [6.45, 7) is 3.75. The van der Waals surface area contributed by atoms with E-state index in [0.29, 0.717) is 0 Å². The van der Waals surface area contributed by atoms with Gasteiger partial charge in [0, 0.05) is 24.7 Å². The fraction of sp³-hybridized carbons (Fsp3) is 0.455. The lowest BCUT2D eigenvalue weighted by Gasteiger charge is -2.14. The molecule has 0 spiro atoms. The first-order valence-corrected chi connectivity index (χ1v) is 6.36. The fourth-order valence-corrected chi connectivity index (χ4v) is 2.34. The molecule has 5 nitrogen and oxygen atoms in total. The number of nitrogens with one attached hydrogen (secondary N) is 1. The van der Waals surface area contributed by atoms with Crippen LogP contribution >= 0.6 is 11.8 Å². The molecule has 0 saturated heterocycles. The maximum absolute atomic E-state index is 9.54. The van der Waals surface area contributed by atoms with E-state index < -0.39 is 0 Å². The largest absolute Gasteiger partial charge is 0.392 e. The van der Waals surface area contributed by atoms with Crippen molar-refractivity contribution in [3.8, 4) is 0 Å². The highest BCUT2D eigenvalue weighted by Crippen LogP contribution is 2.27. The summed E-state index contributed by atoms with van der Waals surface area (Å²) in [6, 6.07) is 0. The molecule has 6 heteroatoms. The third-order valence-corrected chi connectivity index (χ3v) is 3.84. The highest BCUT2D eigenvalue weighted by Gasteiger charge is 2.15. The Morgan fingerprint density at radius 1 is 1.47 bits per heavy atom. The number of imidazole rings is 1. The number of anilines is 1. The minimum Gasteiger partial charge on any atom is -0.392 e. The molecule has 17 heavy (non-hydrogen) atoms. The van der Waals surface area contributed by atoms with E-state index in [2.05, 4.69) is 15.3 Å². The van der Waals surface area contributed by atoms with Crippen molar-refractivity contribution in [3.05, 3.63) is 18.6 Å². The molecule has 2 atom stereocenters. The van der Waals surface area contributed by atoms with E-state index in [4.69, 9.17) is 0 Å². The van der Waals surface area contributed by atoms with Gasteiger partial charge in [-0.25, -0.2) is 9.97 Å². The topological polar surface area (TPSA) is 62.5 Å². The summed E-state index contributed by atoms with van der Waals surface area (Å²) < 4.78 is 1.93. The van der Waals surface area contributed by atoms with Crippen molar-refractivity contribution in [2.24, 2.45) is 0 Å². The van der Waals surface area contributed by atoms with Gasteiger partial charge in [0.05, 0.1) is 12.3 Å². The normalized spacial score (nSPS) is 14.8. The number of aliphatic hydroxyl groups excluding tert-OH is 1. The minimum atomic E-state index is -0.380. The Morgan fingerprint density at radius 2 is 2.24 bits per heavy atom. The van der Waals surface area contributed by atoms with Crippen molar-refractivity contribution >= 4 is 23.2 Å². The second-order valence-electron chi connectivity index (χ2n) is 3.90. The zero-order valence-electron chi connectivity index (χ0n) is 10.1. The number of aromatic nitrogens is 3. The molecule has 0 fully saturated rings. The first kappa shape index (κ1) is 12.2. The van der Waals surface area contributed by atoms with Gasteiger partial charge in [0.1, 0.15) is 10.8 Å². The van der Waals surface area contributed by atoms with Crippen LogP contribution in [0.5, 0.6) is 0 Å². The molecule has 2 N–H and O–H groups in total. The van der Waals surface area contributed by atoms with Crippen molar-refractivity contribution in [1.82, 2.24) is 14.4 Å².